The summed E-state index contributed by atoms with van der Waals surface area (Å²) in [7, 11) is 0. The van der Waals surface area contributed by atoms with Gasteiger partial charge in [0, 0.05) is 19.3 Å². The zero-order chi connectivity index (χ0) is 59.2. The minimum Gasteiger partial charge on any atom is -0.462 e. The van der Waals surface area contributed by atoms with Crippen molar-refractivity contribution >= 4 is 17.9 Å². The average Bonchev–Trinajstić information content (AvgIpc) is 3.47. The molecule has 0 spiro atoms. The topological polar surface area (TPSA) is 78.9 Å². The van der Waals surface area contributed by atoms with E-state index in [9.17, 15) is 14.4 Å². The molecule has 0 aliphatic carbocycles. The first-order chi connectivity index (χ1) is 40.5. The maximum absolute atomic E-state index is 13.0. The van der Waals surface area contributed by atoms with Crippen molar-refractivity contribution in [2.75, 3.05) is 13.2 Å². The lowest BCUT2D eigenvalue weighted by Crippen LogP contribution is -2.30. The summed E-state index contributed by atoms with van der Waals surface area (Å²) in [5.41, 5.74) is 0. The summed E-state index contributed by atoms with van der Waals surface area (Å²) in [6.45, 7) is 6.69. The van der Waals surface area contributed by atoms with Crippen molar-refractivity contribution in [2.24, 2.45) is 0 Å². The first-order valence-electron chi connectivity index (χ1n) is 37.0. The molecule has 0 bridgehead atoms. The molecule has 0 N–H and O–H groups in total. The number of carbonyl (C=O) groups is 3. The Morgan fingerprint density at radius 2 is 0.439 bits per heavy atom. The zero-order valence-corrected chi connectivity index (χ0v) is 55.5. The summed E-state index contributed by atoms with van der Waals surface area (Å²) in [5.74, 6) is -0.854. The van der Waals surface area contributed by atoms with Gasteiger partial charge in [0.15, 0.2) is 6.10 Å². The summed E-state index contributed by atoms with van der Waals surface area (Å²) in [4.78, 5) is 38.5. The summed E-state index contributed by atoms with van der Waals surface area (Å²) >= 11 is 0. The fourth-order valence-corrected chi connectivity index (χ4v) is 11.3. The van der Waals surface area contributed by atoms with Gasteiger partial charge in [-0.05, 0) is 77.0 Å². The van der Waals surface area contributed by atoms with Crippen LogP contribution in [0, 0.1) is 0 Å². The van der Waals surface area contributed by atoms with Gasteiger partial charge < -0.3 is 14.2 Å². The van der Waals surface area contributed by atoms with E-state index >= 15 is 0 Å². The predicted octanol–water partition coefficient (Wildman–Crippen LogP) is 25.5. The van der Waals surface area contributed by atoms with Crippen LogP contribution in [0.1, 0.15) is 412 Å². The van der Waals surface area contributed by atoms with Gasteiger partial charge in [-0.1, -0.05) is 353 Å². The molecule has 1 atom stereocenters. The quantitative estimate of drug-likeness (QED) is 0.0261. The van der Waals surface area contributed by atoms with Crippen molar-refractivity contribution in [3.05, 3.63) is 36.5 Å². The molecule has 0 amide bonds. The molecular weight excluding hydrogens is 1010 g/mol. The number of esters is 3. The number of hydrogen-bond acceptors (Lipinski definition) is 6. The Bertz CT molecular complexity index is 1370. The van der Waals surface area contributed by atoms with Crippen molar-refractivity contribution in [3.8, 4) is 0 Å². The van der Waals surface area contributed by atoms with Gasteiger partial charge in [-0.25, -0.2) is 0 Å². The number of carbonyl (C=O) groups excluding carboxylic acids is 3. The number of unbranched alkanes of at least 4 members (excludes halogenated alkanes) is 52. The van der Waals surface area contributed by atoms with Gasteiger partial charge in [-0.15, -0.1) is 0 Å². The van der Waals surface area contributed by atoms with Gasteiger partial charge in [0.25, 0.3) is 0 Å². The minimum absolute atomic E-state index is 0.0720. The van der Waals surface area contributed by atoms with E-state index in [2.05, 4.69) is 57.2 Å². The molecule has 0 radical (unpaired) electrons. The van der Waals surface area contributed by atoms with E-state index in [-0.39, 0.29) is 31.1 Å². The van der Waals surface area contributed by atoms with Crippen LogP contribution in [0.3, 0.4) is 0 Å². The molecular formula is C76H142O6. The lowest BCUT2D eigenvalue weighted by molar-refractivity contribution is -0.167. The number of rotatable bonds is 69. The second kappa shape index (κ2) is 71.1. The van der Waals surface area contributed by atoms with Crippen LogP contribution in [0.5, 0.6) is 0 Å². The van der Waals surface area contributed by atoms with Gasteiger partial charge in [0.05, 0.1) is 0 Å². The molecule has 0 aromatic heterocycles. The molecule has 0 saturated heterocycles. The van der Waals surface area contributed by atoms with E-state index in [1.165, 1.54) is 302 Å². The first-order valence-corrected chi connectivity index (χ1v) is 37.0. The van der Waals surface area contributed by atoms with Gasteiger partial charge in [0.2, 0.25) is 0 Å². The van der Waals surface area contributed by atoms with E-state index in [0.717, 1.165) is 70.6 Å². The Morgan fingerprint density at radius 3 is 0.695 bits per heavy atom. The fourth-order valence-electron chi connectivity index (χ4n) is 11.3. The number of hydrogen-bond donors (Lipinski definition) is 0. The fraction of sp³-hybridized carbons (Fsp3) is 0.882. The van der Waals surface area contributed by atoms with Crippen LogP contribution < -0.4 is 0 Å². The van der Waals surface area contributed by atoms with Crippen LogP contribution >= 0.6 is 0 Å². The Balaban J connectivity index is 4.25. The molecule has 0 aliphatic heterocycles. The summed E-state index contributed by atoms with van der Waals surface area (Å²) in [5, 5.41) is 0. The third-order valence-corrected chi connectivity index (χ3v) is 16.9. The van der Waals surface area contributed by atoms with E-state index in [1.807, 2.05) is 0 Å². The van der Waals surface area contributed by atoms with Crippen molar-refractivity contribution in [1.29, 1.82) is 0 Å². The summed E-state index contributed by atoms with van der Waals surface area (Å²) in [6, 6.07) is 0. The highest BCUT2D eigenvalue weighted by atomic mass is 16.6. The molecule has 0 saturated carbocycles. The molecule has 6 nitrogen and oxygen atoms in total. The second-order valence-corrected chi connectivity index (χ2v) is 25.2. The summed E-state index contributed by atoms with van der Waals surface area (Å²) in [6.07, 6.45) is 89.0. The Hall–Kier alpha value is -2.37. The molecule has 0 rings (SSSR count). The molecule has 0 fully saturated rings. The first kappa shape index (κ1) is 79.6. The maximum Gasteiger partial charge on any atom is 0.306 e. The van der Waals surface area contributed by atoms with Gasteiger partial charge in [-0.2, -0.15) is 0 Å². The smallest absolute Gasteiger partial charge is 0.306 e. The molecule has 1 unspecified atom stereocenters. The molecule has 0 aromatic rings. The Labute approximate surface area is 512 Å². The van der Waals surface area contributed by atoms with Gasteiger partial charge in [-0.3, -0.25) is 14.4 Å². The van der Waals surface area contributed by atoms with Crippen LogP contribution in [0.25, 0.3) is 0 Å². The maximum atomic E-state index is 13.0. The predicted molar refractivity (Wildman–Crippen MR) is 358 cm³/mol. The van der Waals surface area contributed by atoms with Crippen molar-refractivity contribution in [1.82, 2.24) is 0 Å². The van der Waals surface area contributed by atoms with Gasteiger partial charge >= 0.3 is 17.9 Å². The summed E-state index contributed by atoms with van der Waals surface area (Å²) < 4.78 is 17.0. The highest BCUT2D eigenvalue weighted by Gasteiger charge is 2.19. The third-order valence-electron chi connectivity index (χ3n) is 16.9. The Morgan fingerprint density at radius 1 is 0.244 bits per heavy atom. The number of ether oxygens (including phenoxy) is 3. The number of allylic oxidation sites excluding steroid dienone is 6. The lowest BCUT2D eigenvalue weighted by atomic mass is 10.0. The minimum atomic E-state index is -0.778. The molecule has 0 heterocycles. The van der Waals surface area contributed by atoms with Crippen LogP contribution in [0.4, 0.5) is 0 Å². The average molecular weight is 1150 g/mol. The Kier molecular flexibility index (Phi) is 69.1. The van der Waals surface area contributed by atoms with Crippen molar-refractivity contribution < 1.29 is 28.6 Å². The largest absolute Gasteiger partial charge is 0.462 e. The molecule has 0 aromatic carbocycles. The monoisotopic (exact) mass is 1150 g/mol. The standard InChI is InChI=1S/C76H142O6/c1-4-7-10-13-16-19-22-25-28-31-34-35-36-37-38-39-40-41-42-43-46-48-51-54-57-60-63-66-69-75(78)81-72-73(82-76(79)70-67-64-61-58-55-52-49-45-33-30-27-24-21-18-15-12-9-6-3)71-80-74(77)68-65-62-59-56-53-50-47-44-32-29-26-23-20-17-14-11-8-5-2/h21,24,29-30,32-33,73H,4-20,22-23,25-28,31,34-72H2,1-3H3/b24-21-,32-29-,33-30-. The lowest BCUT2D eigenvalue weighted by Gasteiger charge is -2.18. The molecule has 482 valence electrons. The molecule has 0 aliphatic rings. The van der Waals surface area contributed by atoms with Crippen molar-refractivity contribution in [3.63, 3.8) is 0 Å². The van der Waals surface area contributed by atoms with Crippen LogP contribution in [-0.4, -0.2) is 37.2 Å². The van der Waals surface area contributed by atoms with E-state index < -0.39 is 6.10 Å². The zero-order valence-electron chi connectivity index (χ0n) is 55.5. The molecule has 6 heteroatoms. The second-order valence-electron chi connectivity index (χ2n) is 25.2. The van der Waals surface area contributed by atoms with E-state index in [0.29, 0.717) is 19.3 Å². The van der Waals surface area contributed by atoms with Crippen molar-refractivity contribution in [2.45, 2.75) is 419 Å². The van der Waals surface area contributed by atoms with Crippen LogP contribution in [0.15, 0.2) is 36.5 Å². The van der Waals surface area contributed by atoms with Gasteiger partial charge in [0.1, 0.15) is 13.2 Å². The van der Waals surface area contributed by atoms with E-state index in [4.69, 9.17) is 14.2 Å². The SMILES string of the molecule is CCCCCC/C=C\C/C=C\CCCCCCCCCC(=O)OC(COC(=O)CCCCCCCCC/C=C\CCCCCCCCC)COC(=O)CCCCCCCCCCCCCCCCCCCCCCCCCCCCCC. The van der Waals surface area contributed by atoms with Crippen LogP contribution in [0.2, 0.25) is 0 Å². The van der Waals surface area contributed by atoms with Crippen LogP contribution in [-0.2, 0) is 28.6 Å². The van der Waals surface area contributed by atoms with E-state index in [1.54, 1.807) is 0 Å². The third kappa shape index (κ3) is 68.4. The highest BCUT2D eigenvalue weighted by molar-refractivity contribution is 5.71. The normalized spacial score (nSPS) is 12.2. The molecule has 82 heavy (non-hydrogen) atoms. The highest BCUT2D eigenvalue weighted by Crippen LogP contribution is 2.19.